The second-order valence-corrected chi connectivity index (χ2v) is 7.26. The molecule has 2 N–H and O–H groups in total. The summed E-state index contributed by atoms with van der Waals surface area (Å²) in [4.78, 5) is 33.1. The molecule has 0 atom stereocenters. The highest BCUT2D eigenvalue weighted by Gasteiger charge is 2.30. The van der Waals surface area contributed by atoms with Gasteiger partial charge < -0.3 is 15.4 Å². The molecule has 2 heterocycles. The first-order valence-corrected chi connectivity index (χ1v) is 9.50. The highest BCUT2D eigenvalue weighted by molar-refractivity contribution is 6.07. The first-order valence-electron chi connectivity index (χ1n) is 9.50. The van der Waals surface area contributed by atoms with E-state index < -0.39 is 5.41 Å². The zero-order valence-corrected chi connectivity index (χ0v) is 17.2. The Morgan fingerprint density at radius 2 is 1.70 bits per heavy atom. The van der Waals surface area contributed by atoms with E-state index in [2.05, 4.69) is 20.6 Å². The van der Waals surface area contributed by atoms with Gasteiger partial charge in [-0.2, -0.15) is 0 Å². The molecule has 30 heavy (non-hydrogen) atoms. The Hall–Kier alpha value is -3.74. The molecule has 3 aromatic rings. The van der Waals surface area contributed by atoms with Crippen molar-refractivity contribution in [2.24, 2.45) is 0 Å². The third-order valence-electron chi connectivity index (χ3n) is 4.82. The van der Waals surface area contributed by atoms with Gasteiger partial charge in [0.1, 0.15) is 5.82 Å². The van der Waals surface area contributed by atoms with E-state index in [1.165, 1.54) is 7.11 Å². The smallest absolute Gasteiger partial charge is 0.315 e. The normalized spacial score (nSPS) is 10.9. The van der Waals surface area contributed by atoms with Crippen LogP contribution in [0.3, 0.4) is 0 Å². The molecule has 154 valence electrons. The van der Waals surface area contributed by atoms with E-state index in [0.717, 1.165) is 11.1 Å². The molecular weight excluding hydrogens is 380 g/mol. The van der Waals surface area contributed by atoms with E-state index in [1.807, 2.05) is 12.1 Å². The fraction of sp³-hybridized carbons (Fsp3) is 0.217. The van der Waals surface area contributed by atoms with Gasteiger partial charge in [0.2, 0.25) is 0 Å². The molecule has 0 fully saturated rings. The number of hydrogen-bond acceptors (Lipinski definition) is 6. The monoisotopic (exact) mass is 404 g/mol. The molecule has 7 heteroatoms. The summed E-state index contributed by atoms with van der Waals surface area (Å²) in [6.07, 6.45) is 5.07. The third-order valence-corrected chi connectivity index (χ3v) is 4.82. The molecule has 3 rings (SSSR count). The molecule has 0 radical (unpaired) electrons. The minimum atomic E-state index is -0.773. The van der Waals surface area contributed by atoms with Gasteiger partial charge in [-0.05, 0) is 61.4 Å². The molecule has 0 aliphatic carbocycles. The maximum atomic E-state index is 12.8. The second kappa shape index (κ2) is 9.17. The lowest BCUT2D eigenvalue weighted by Crippen LogP contribution is -2.30. The van der Waals surface area contributed by atoms with Crippen LogP contribution in [-0.2, 0) is 21.5 Å². The first kappa shape index (κ1) is 21.0. The van der Waals surface area contributed by atoms with Crippen molar-refractivity contribution in [1.82, 2.24) is 9.97 Å². The molecule has 0 saturated carbocycles. The lowest BCUT2D eigenvalue weighted by molar-refractivity contribution is -0.146. The number of nitrogens with zero attached hydrogens (tertiary/aromatic N) is 2. The Morgan fingerprint density at radius 3 is 2.37 bits per heavy atom. The number of hydrogen-bond donors (Lipinski definition) is 2. The maximum absolute atomic E-state index is 12.8. The van der Waals surface area contributed by atoms with Crippen LogP contribution in [0.15, 0.2) is 67.1 Å². The standard InChI is InChI=1S/C23H24N4O3/c1-23(2,22(29)30-3)17-6-8-18(9-7-17)27-21(28)19-5-4-12-25-20(19)26-15-16-10-13-24-14-11-16/h4-14H,15H2,1-3H3,(H,25,26)(H,27,28). The highest BCUT2D eigenvalue weighted by Crippen LogP contribution is 2.26. The van der Waals surface area contributed by atoms with Gasteiger partial charge >= 0.3 is 5.97 Å². The molecule has 2 aromatic heterocycles. The Bertz CT molecular complexity index is 1020. The van der Waals surface area contributed by atoms with Crippen molar-refractivity contribution in [3.63, 3.8) is 0 Å². The lowest BCUT2D eigenvalue weighted by Gasteiger charge is -2.22. The zero-order valence-electron chi connectivity index (χ0n) is 17.2. The summed E-state index contributed by atoms with van der Waals surface area (Å²) in [5, 5.41) is 6.07. The number of carbonyl (C=O) groups excluding carboxylic acids is 2. The molecule has 0 spiro atoms. The van der Waals surface area contributed by atoms with E-state index in [1.54, 1.807) is 68.8 Å². The Kier molecular flexibility index (Phi) is 6.41. The number of esters is 1. The van der Waals surface area contributed by atoms with Crippen LogP contribution in [0.25, 0.3) is 0 Å². The van der Waals surface area contributed by atoms with Gasteiger partial charge in [-0.3, -0.25) is 14.6 Å². The largest absolute Gasteiger partial charge is 0.468 e. The van der Waals surface area contributed by atoms with E-state index in [9.17, 15) is 9.59 Å². The van der Waals surface area contributed by atoms with Crippen LogP contribution in [0.1, 0.15) is 35.3 Å². The van der Waals surface area contributed by atoms with E-state index >= 15 is 0 Å². The van der Waals surface area contributed by atoms with Gasteiger partial charge in [0.15, 0.2) is 0 Å². The molecule has 0 bridgehead atoms. The number of carbonyl (C=O) groups is 2. The Labute approximate surface area is 175 Å². The second-order valence-electron chi connectivity index (χ2n) is 7.26. The van der Waals surface area contributed by atoms with Crippen molar-refractivity contribution in [2.45, 2.75) is 25.8 Å². The topological polar surface area (TPSA) is 93.2 Å². The summed E-state index contributed by atoms with van der Waals surface area (Å²) in [6.45, 7) is 4.11. The predicted molar refractivity (Wildman–Crippen MR) is 115 cm³/mol. The SMILES string of the molecule is COC(=O)C(C)(C)c1ccc(NC(=O)c2cccnc2NCc2ccncc2)cc1. The van der Waals surface area contributed by atoms with Gasteiger partial charge in [0, 0.05) is 30.8 Å². The molecule has 7 nitrogen and oxygen atoms in total. The highest BCUT2D eigenvalue weighted by atomic mass is 16.5. The predicted octanol–water partition coefficient (Wildman–Crippen LogP) is 3.79. The molecule has 0 aliphatic heterocycles. The molecule has 1 amide bonds. The number of methoxy groups -OCH3 is 1. The zero-order chi connectivity index (χ0) is 21.6. The van der Waals surface area contributed by atoms with Crippen LogP contribution >= 0.6 is 0 Å². The quantitative estimate of drug-likeness (QED) is 0.582. The number of nitrogens with one attached hydrogen (secondary N) is 2. The first-order chi connectivity index (χ1) is 14.4. The molecule has 1 aromatic carbocycles. The van der Waals surface area contributed by atoms with Gasteiger partial charge in [0.05, 0.1) is 18.1 Å². The van der Waals surface area contributed by atoms with Crippen LogP contribution in [0.2, 0.25) is 0 Å². The van der Waals surface area contributed by atoms with Crippen LogP contribution in [0.5, 0.6) is 0 Å². The van der Waals surface area contributed by atoms with E-state index in [-0.39, 0.29) is 11.9 Å². The maximum Gasteiger partial charge on any atom is 0.315 e. The van der Waals surface area contributed by atoms with Gasteiger partial charge in [0.25, 0.3) is 5.91 Å². The number of benzene rings is 1. The van der Waals surface area contributed by atoms with Crippen molar-refractivity contribution in [1.29, 1.82) is 0 Å². The number of rotatable bonds is 7. The average molecular weight is 404 g/mol. The van der Waals surface area contributed by atoms with Crippen LogP contribution in [0.4, 0.5) is 11.5 Å². The Morgan fingerprint density at radius 1 is 1.00 bits per heavy atom. The summed E-state index contributed by atoms with van der Waals surface area (Å²) < 4.78 is 4.86. The molecule has 0 unspecified atom stereocenters. The third kappa shape index (κ3) is 4.81. The fourth-order valence-corrected chi connectivity index (χ4v) is 2.96. The van der Waals surface area contributed by atoms with Gasteiger partial charge in [-0.25, -0.2) is 4.98 Å². The molecular formula is C23H24N4O3. The van der Waals surface area contributed by atoms with Gasteiger partial charge in [-0.1, -0.05) is 12.1 Å². The van der Waals surface area contributed by atoms with Crippen molar-refractivity contribution >= 4 is 23.4 Å². The minimum Gasteiger partial charge on any atom is -0.468 e. The van der Waals surface area contributed by atoms with Crippen LogP contribution in [-0.4, -0.2) is 29.0 Å². The number of ether oxygens (including phenoxy) is 1. The molecule has 0 aliphatic rings. The summed E-state index contributed by atoms with van der Waals surface area (Å²) in [6, 6.07) is 14.4. The van der Waals surface area contributed by atoms with Crippen molar-refractivity contribution in [3.05, 3.63) is 83.8 Å². The molecule has 0 saturated heterocycles. The fourth-order valence-electron chi connectivity index (χ4n) is 2.96. The summed E-state index contributed by atoms with van der Waals surface area (Å²) in [5.41, 5.74) is 2.11. The lowest BCUT2D eigenvalue weighted by atomic mass is 9.85. The van der Waals surface area contributed by atoms with Crippen LogP contribution in [0, 0.1) is 0 Å². The van der Waals surface area contributed by atoms with Crippen LogP contribution < -0.4 is 10.6 Å². The number of pyridine rings is 2. The minimum absolute atomic E-state index is 0.277. The average Bonchev–Trinajstić information content (AvgIpc) is 2.78. The van der Waals surface area contributed by atoms with Crippen molar-refractivity contribution in [3.8, 4) is 0 Å². The van der Waals surface area contributed by atoms with Crippen molar-refractivity contribution in [2.75, 3.05) is 17.7 Å². The van der Waals surface area contributed by atoms with E-state index in [4.69, 9.17) is 4.74 Å². The summed E-state index contributed by atoms with van der Waals surface area (Å²) in [5.74, 6) is -0.102. The summed E-state index contributed by atoms with van der Waals surface area (Å²) in [7, 11) is 1.37. The number of amides is 1. The summed E-state index contributed by atoms with van der Waals surface area (Å²) >= 11 is 0. The number of anilines is 2. The Balaban J connectivity index is 1.71. The van der Waals surface area contributed by atoms with Gasteiger partial charge in [-0.15, -0.1) is 0 Å². The van der Waals surface area contributed by atoms with E-state index in [0.29, 0.717) is 23.6 Å². The van der Waals surface area contributed by atoms with Crippen molar-refractivity contribution < 1.29 is 14.3 Å². The number of aromatic nitrogens is 2.